The molecule has 0 spiro atoms. The van der Waals surface area contributed by atoms with Crippen molar-refractivity contribution in [1.29, 1.82) is 0 Å². The number of methoxy groups -OCH3 is 1. The van der Waals surface area contributed by atoms with Gasteiger partial charge in [-0.15, -0.1) is 0 Å². The van der Waals surface area contributed by atoms with E-state index in [9.17, 15) is 9.90 Å². The fourth-order valence-electron chi connectivity index (χ4n) is 3.05. The van der Waals surface area contributed by atoms with Gasteiger partial charge in [0.15, 0.2) is 5.43 Å². The molecule has 0 amide bonds. The Morgan fingerprint density at radius 2 is 1.93 bits per heavy atom. The molecule has 154 valence electrons. The molecule has 3 rings (SSSR count). The lowest BCUT2D eigenvalue weighted by Crippen LogP contribution is -2.35. The van der Waals surface area contributed by atoms with Gasteiger partial charge in [-0.1, -0.05) is 37.6 Å². The number of benzene rings is 2. The number of hydrogen-bond acceptors (Lipinski definition) is 5. The topological polar surface area (TPSA) is 72.7 Å². The van der Waals surface area contributed by atoms with E-state index in [1.54, 1.807) is 28.8 Å². The highest BCUT2D eigenvalue weighted by atomic mass is 35.5. The Labute approximate surface area is 174 Å². The van der Waals surface area contributed by atoms with E-state index in [0.29, 0.717) is 39.8 Å². The Morgan fingerprint density at radius 3 is 2.66 bits per heavy atom. The molecule has 0 bridgehead atoms. The molecule has 1 atom stereocenters. The van der Waals surface area contributed by atoms with Crippen molar-refractivity contribution in [2.45, 2.75) is 26.0 Å². The number of halogens is 1. The van der Waals surface area contributed by atoms with Gasteiger partial charge < -0.3 is 19.9 Å². The van der Waals surface area contributed by atoms with Crippen molar-refractivity contribution < 1.29 is 14.6 Å². The smallest absolute Gasteiger partial charge is 0.202 e. The van der Waals surface area contributed by atoms with Gasteiger partial charge in [-0.2, -0.15) is 0 Å². The Kier molecular flexibility index (Phi) is 6.79. The molecular formula is C22H25ClN2O4. The third-order valence-corrected chi connectivity index (χ3v) is 4.68. The van der Waals surface area contributed by atoms with Crippen LogP contribution in [0.3, 0.4) is 0 Å². The maximum Gasteiger partial charge on any atom is 0.202 e. The summed E-state index contributed by atoms with van der Waals surface area (Å²) >= 11 is 6.26. The maximum atomic E-state index is 12.4. The zero-order chi connectivity index (χ0) is 21.0. The Hall–Kier alpha value is -2.54. The molecule has 1 aromatic heterocycles. The largest absolute Gasteiger partial charge is 0.489 e. The second-order valence-electron chi connectivity index (χ2n) is 7.04. The first kappa shape index (κ1) is 21.2. The SMILES string of the molecule is COc1cc(=O)c2ccccc2n1-c1cc(Cl)ccc1OCC(O)CNC(C)C. The lowest BCUT2D eigenvalue weighted by atomic mass is 10.2. The summed E-state index contributed by atoms with van der Waals surface area (Å²) < 4.78 is 13.2. The van der Waals surface area contributed by atoms with Crippen LogP contribution in [-0.2, 0) is 0 Å². The minimum atomic E-state index is -0.673. The molecule has 0 radical (unpaired) electrons. The van der Waals surface area contributed by atoms with Crippen molar-refractivity contribution in [1.82, 2.24) is 9.88 Å². The van der Waals surface area contributed by atoms with Crippen molar-refractivity contribution in [3.63, 3.8) is 0 Å². The van der Waals surface area contributed by atoms with E-state index in [-0.39, 0.29) is 18.1 Å². The third kappa shape index (κ3) is 4.90. The maximum absolute atomic E-state index is 12.4. The molecule has 0 aliphatic carbocycles. The Bertz CT molecular complexity index is 1050. The highest BCUT2D eigenvalue weighted by Gasteiger charge is 2.16. The van der Waals surface area contributed by atoms with Crippen LogP contribution in [-0.4, -0.2) is 42.1 Å². The van der Waals surface area contributed by atoms with Crippen LogP contribution in [0.2, 0.25) is 5.02 Å². The molecule has 2 N–H and O–H groups in total. The van der Waals surface area contributed by atoms with E-state index < -0.39 is 6.10 Å². The minimum Gasteiger partial charge on any atom is -0.489 e. The van der Waals surface area contributed by atoms with E-state index in [2.05, 4.69) is 5.32 Å². The molecule has 1 heterocycles. The summed E-state index contributed by atoms with van der Waals surface area (Å²) in [6.07, 6.45) is -0.673. The van der Waals surface area contributed by atoms with Gasteiger partial charge >= 0.3 is 0 Å². The quantitative estimate of drug-likeness (QED) is 0.589. The van der Waals surface area contributed by atoms with Crippen LogP contribution in [0.25, 0.3) is 16.6 Å². The van der Waals surface area contributed by atoms with Crippen molar-refractivity contribution >= 4 is 22.5 Å². The van der Waals surface area contributed by atoms with Gasteiger partial charge in [-0.05, 0) is 30.3 Å². The summed E-state index contributed by atoms with van der Waals surface area (Å²) in [5, 5.41) is 14.4. The van der Waals surface area contributed by atoms with Crippen molar-refractivity contribution in [3.8, 4) is 17.3 Å². The highest BCUT2D eigenvalue weighted by molar-refractivity contribution is 6.30. The number of nitrogens with one attached hydrogen (secondary N) is 1. The van der Waals surface area contributed by atoms with Gasteiger partial charge in [-0.25, -0.2) is 0 Å². The monoisotopic (exact) mass is 416 g/mol. The van der Waals surface area contributed by atoms with Gasteiger partial charge in [0.1, 0.15) is 18.5 Å². The van der Waals surface area contributed by atoms with E-state index >= 15 is 0 Å². The zero-order valence-corrected chi connectivity index (χ0v) is 17.4. The average molecular weight is 417 g/mol. The van der Waals surface area contributed by atoms with Crippen LogP contribution in [0.15, 0.2) is 53.3 Å². The Balaban J connectivity index is 2.04. The fraction of sp³-hybridized carbons (Fsp3) is 0.318. The average Bonchev–Trinajstić information content (AvgIpc) is 2.71. The van der Waals surface area contributed by atoms with Gasteiger partial charge in [0, 0.05) is 29.1 Å². The van der Waals surface area contributed by atoms with E-state index in [1.165, 1.54) is 13.2 Å². The second-order valence-corrected chi connectivity index (χ2v) is 7.48. The predicted octanol–water partition coefficient (Wildman–Crippen LogP) is 3.39. The number of aliphatic hydroxyl groups is 1. The normalized spacial score (nSPS) is 12.3. The fourth-order valence-corrected chi connectivity index (χ4v) is 3.22. The van der Waals surface area contributed by atoms with Crippen LogP contribution < -0.4 is 20.2 Å². The summed E-state index contributed by atoms with van der Waals surface area (Å²) in [5.74, 6) is 0.882. The van der Waals surface area contributed by atoms with Crippen molar-refractivity contribution in [3.05, 3.63) is 63.8 Å². The summed E-state index contributed by atoms with van der Waals surface area (Å²) in [4.78, 5) is 12.4. The molecule has 7 heteroatoms. The summed E-state index contributed by atoms with van der Waals surface area (Å²) in [6.45, 7) is 4.55. The standard InChI is InChI=1S/C22H25ClN2O4/c1-14(2)24-12-16(26)13-29-21-9-8-15(23)10-19(21)25-18-7-5-4-6-17(18)20(27)11-22(25)28-3/h4-11,14,16,24,26H,12-13H2,1-3H3. The number of nitrogens with zero attached hydrogens (tertiary/aromatic N) is 1. The van der Waals surface area contributed by atoms with E-state index in [0.717, 1.165) is 0 Å². The number of rotatable bonds is 8. The molecule has 1 unspecified atom stereocenters. The molecule has 0 saturated heterocycles. The molecular weight excluding hydrogens is 392 g/mol. The van der Waals surface area contributed by atoms with Gasteiger partial charge in [0.05, 0.1) is 18.3 Å². The molecule has 0 saturated carbocycles. The van der Waals surface area contributed by atoms with E-state index in [4.69, 9.17) is 21.1 Å². The predicted molar refractivity (Wildman–Crippen MR) is 116 cm³/mol. The number of fused-ring (bicyclic) bond motifs is 1. The third-order valence-electron chi connectivity index (χ3n) is 4.45. The van der Waals surface area contributed by atoms with Gasteiger partial charge in [-0.3, -0.25) is 9.36 Å². The number of aliphatic hydroxyl groups excluding tert-OH is 1. The van der Waals surface area contributed by atoms with Crippen LogP contribution in [0.5, 0.6) is 11.6 Å². The first-order valence-corrected chi connectivity index (χ1v) is 9.81. The summed E-state index contributed by atoms with van der Waals surface area (Å²) in [7, 11) is 1.51. The minimum absolute atomic E-state index is 0.106. The lowest BCUT2D eigenvalue weighted by Gasteiger charge is -2.20. The summed E-state index contributed by atoms with van der Waals surface area (Å²) in [6, 6.07) is 14.2. The number of hydrogen-bond donors (Lipinski definition) is 2. The Morgan fingerprint density at radius 1 is 1.17 bits per heavy atom. The second kappa shape index (κ2) is 9.31. The molecule has 6 nitrogen and oxygen atoms in total. The first-order chi connectivity index (χ1) is 13.9. The summed E-state index contributed by atoms with van der Waals surface area (Å²) in [5.41, 5.74) is 1.16. The molecule has 2 aromatic carbocycles. The van der Waals surface area contributed by atoms with Gasteiger partial charge in [0.25, 0.3) is 0 Å². The molecule has 0 aliphatic heterocycles. The van der Waals surface area contributed by atoms with Gasteiger partial charge in [0.2, 0.25) is 5.88 Å². The lowest BCUT2D eigenvalue weighted by molar-refractivity contribution is 0.104. The van der Waals surface area contributed by atoms with Crippen LogP contribution in [0.1, 0.15) is 13.8 Å². The highest BCUT2D eigenvalue weighted by Crippen LogP contribution is 2.32. The van der Waals surface area contributed by atoms with Crippen molar-refractivity contribution in [2.75, 3.05) is 20.3 Å². The number of pyridine rings is 1. The van der Waals surface area contributed by atoms with E-state index in [1.807, 2.05) is 32.0 Å². The molecule has 29 heavy (non-hydrogen) atoms. The first-order valence-electron chi connectivity index (χ1n) is 9.43. The van der Waals surface area contributed by atoms with Crippen LogP contribution in [0.4, 0.5) is 0 Å². The number of para-hydroxylation sites is 1. The van der Waals surface area contributed by atoms with Crippen molar-refractivity contribution in [2.24, 2.45) is 0 Å². The molecule has 0 aliphatic rings. The zero-order valence-electron chi connectivity index (χ0n) is 16.7. The molecule has 0 fully saturated rings. The van der Waals surface area contributed by atoms with Crippen LogP contribution in [0, 0.1) is 0 Å². The number of aromatic nitrogens is 1. The van der Waals surface area contributed by atoms with Crippen LogP contribution >= 0.6 is 11.6 Å². The number of ether oxygens (including phenoxy) is 2. The molecule has 3 aromatic rings.